The van der Waals surface area contributed by atoms with Crippen LogP contribution in [0.25, 0.3) is 0 Å². The van der Waals surface area contributed by atoms with Crippen molar-refractivity contribution < 1.29 is 9.53 Å². The molecule has 25 heavy (non-hydrogen) atoms. The molecule has 2 heterocycles. The minimum atomic E-state index is -0.0673. The fraction of sp³-hybridized carbons (Fsp3) is 0.632. The molecule has 1 aromatic rings. The number of ether oxygens (including phenoxy) is 1. The summed E-state index contributed by atoms with van der Waals surface area (Å²) in [5.74, 6) is 0.465. The number of para-hydroxylation sites is 1. The van der Waals surface area contributed by atoms with Gasteiger partial charge in [-0.25, -0.2) is 4.79 Å². The van der Waals surface area contributed by atoms with Crippen LogP contribution in [0.15, 0.2) is 30.3 Å². The molecule has 2 amide bonds. The number of benzene rings is 1. The number of hydrogen-bond donors (Lipinski definition) is 2. The van der Waals surface area contributed by atoms with E-state index in [2.05, 4.69) is 57.7 Å². The smallest absolute Gasteiger partial charge is 0.315 e. The molecule has 2 N–H and O–H groups in total. The zero-order chi connectivity index (χ0) is 17.5. The molecule has 0 aliphatic carbocycles. The summed E-state index contributed by atoms with van der Waals surface area (Å²) in [4.78, 5) is 16.8. The first-order chi connectivity index (χ1) is 12.2. The van der Waals surface area contributed by atoms with Crippen LogP contribution in [0.2, 0.25) is 0 Å². The Labute approximate surface area is 150 Å². The number of hydrogen-bond acceptors (Lipinski definition) is 4. The van der Waals surface area contributed by atoms with E-state index >= 15 is 0 Å². The molecule has 2 unspecified atom stereocenters. The molecule has 2 fully saturated rings. The van der Waals surface area contributed by atoms with Gasteiger partial charge in [-0.15, -0.1) is 0 Å². The Hall–Kier alpha value is -1.79. The quantitative estimate of drug-likeness (QED) is 0.820. The zero-order valence-corrected chi connectivity index (χ0v) is 15.1. The Morgan fingerprint density at radius 3 is 2.68 bits per heavy atom. The highest BCUT2D eigenvalue weighted by Crippen LogP contribution is 2.15. The van der Waals surface area contributed by atoms with Crippen molar-refractivity contribution in [1.82, 2.24) is 15.5 Å². The number of carbonyl (C=O) groups is 1. The average molecular weight is 346 g/mol. The van der Waals surface area contributed by atoms with Crippen LogP contribution >= 0.6 is 0 Å². The number of urea groups is 1. The Balaban J connectivity index is 1.33. The summed E-state index contributed by atoms with van der Waals surface area (Å²) >= 11 is 0. The van der Waals surface area contributed by atoms with Crippen molar-refractivity contribution >= 4 is 11.7 Å². The van der Waals surface area contributed by atoms with Crippen LogP contribution in [0.3, 0.4) is 0 Å². The summed E-state index contributed by atoms with van der Waals surface area (Å²) in [5, 5.41) is 6.01. The summed E-state index contributed by atoms with van der Waals surface area (Å²) < 4.78 is 5.33. The monoisotopic (exact) mass is 346 g/mol. The topological polar surface area (TPSA) is 56.8 Å². The largest absolute Gasteiger partial charge is 0.381 e. The molecule has 0 spiro atoms. The van der Waals surface area contributed by atoms with Crippen molar-refractivity contribution in [3.05, 3.63) is 30.3 Å². The lowest BCUT2D eigenvalue weighted by Gasteiger charge is -2.37. The average Bonchev–Trinajstić information content (AvgIpc) is 3.15. The Morgan fingerprint density at radius 2 is 2.00 bits per heavy atom. The first kappa shape index (κ1) is 18.0. The molecule has 2 aliphatic heterocycles. The molecule has 138 valence electrons. The van der Waals surface area contributed by atoms with E-state index in [1.165, 1.54) is 5.69 Å². The summed E-state index contributed by atoms with van der Waals surface area (Å²) in [6, 6.07) is 10.6. The number of amides is 2. The van der Waals surface area contributed by atoms with Gasteiger partial charge in [-0.2, -0.15) is 0 Å². The second-order valence-electron chi connectivity index (χ2n) is 7.11. The third kappa shape index (κ3) is 5.61. The number of nitrogens with one attached hydrogen (secondary N) is 2. The predicted octanol–water partition coefficient (Wildman–Crippen LogP) is 1.53. The van der Waals surface area contributed by atoms with Crippen LogP contribution in [0.4, 0.5) is 10.5 Å². The van der Waals surface area contributed by atoms with Crippen molar-refractivity contribution in [3.63, 3.8) is 0 Å². The molecule has 1 aromatic carbocycles. The SMILES string of the molecule is CC(CN1CCN(c2ccccc2)CC1)NC(=O)NCC1CCOC1. The van der Waals surface area contributed by atoms with Crippen LogP contribution in [0.1, 0.15) is 13.3 Å². The van der Waals surface area contributed by atoms with Gasteiger partial charge in [-0.1, -0.05) is 18.2 Å². The van der Waals surface area contributed by atoms with Gasteiger partial charge in [-0.3, -0.25) is 4.90 Å². The van der Waals surface area contributed by atoms with Crippen molar-refractivity contribution in [3.8, 4) is 0 Å². The molecule has 2 aliphatic rings. The van der Waals surface area contributed by atoms with Crippen LogP contribution in [-0.2, 0) is 4.74 Å². The van der Waals surface area contributed by atoms with E-state index in [0.29, 0.717) is 12.5 Å². The Bertz CT molecular complexity index is 525. The van der Waals surface area contributed by atoms with Crippen molar-refractivity contribution in [2.24, 2.45) is 5.92 Å². The lowest BCUT2D eigenvalue weighted by molar-refractivity contribution is 0.184. The van der Waals surface area contributed by atoms with Crippen LogP contribution in [-0.4, -0.2) is 69.5 Å². The third-order valence-corrected chi connectivity index (χ3v) is 4.98. The van der Waals surface area contributed by atoms with E-state index in [1.807, 2.05) is 0 Å². The van der Waals surface area contributed by atoms with Gasteiger partial charge >= 0.3 is 6.03 Å². The van der Waals surface area contributed by atoms with Crippen molar-refractivity contribution in [1.29, 1.82) is 0 Å². The Kier molecular flexibility index (Phi) is 6.53. The first-order valence-electron chi connectivity index (χ1n) is 9.35. The highest BCUT2D eigenvalue weighted by atomic mass is 16.5. The summed E-state index contributed by atoms with van der Waals surface area (Å²) in [6.45, 7) is 9.37. The van der Waals surface area contributed by atoms with Crippen LogP contribution in [0, 0.1) is 5.92 Å². The number of carbonyl (C=O) groups excluding carboxylic acids is 1. The van der Waals surface area contributed by atoms with Gasteiger partial charge in [0.25, 0.3) is 0 Å². The molecule has 3 rings (SSSR count). The normalized spacial score (nSPS) is 22.6. The van der Waals surface area contributed by atoms with Gasteiger partial charge in [-0.05, 0) is 25.5 Å². The van der Waals surface area contributed by atoms with E-state index in [4.69, 9.17) is 4.74 Å². The standard InChI is InChI=1S/C19H30N4O2/c1-16(21-19(24)20-13-17-7-12-25-15-17)14-22-8-10-23(11-9-22)18-5-3-2-4-6-18/h2-6,16-17H,7-15H2,1H3,(H2,20,21,24). The number of rotatable bonds is 6. The first-order valence-corrected chi connectivity index (χ1v) is 9.35. The van der Waals surface area contributed by atoms with Gasteiger partial charge in [0, 0.05) is 63.5 Å². The molecule has 0 bridgehead atoms. The fourth-order valence-electron chi connectivity index (χ4n) is 3.52. The van der Waals surface area contributed by atoms with Gasteiger partial charge < -0.3 is 20.3 Å². The summed E-state index contributed by atoms with van der Waals surface area (Å²) in [7, 11) is 0. The minimum absolute atomic E-state index is 0.0673. The second kappa shape index (κ2) is 9.06. The Morgan fingerprint density at radius 1 is 1.24 bits per heavy atom. The molecule has 0 aromatic heterocycles. The molecular weight excluding hydrogens is 316 g/mol. The second-order valence-corrected chi connectivity index (χ2v) is 7.11. The maximum absolute atomic E-state index is 12.0. The number of anilines is 1. The molecule has 0 radical (unpaired) electrons. The van der Waals surface area contributed by atoms with E-state index in [9.17, 15) is 4.79 Å². The number of nitrogens with zero attached hydrogens (tertiary/aromatic N) is 2. The summed E-state index contributed by atoms with van der Waals surface area (Å²) in [5.41, 5.74) is 1.29. The molecule has 2 saturated heterocycles. The molecular formula is C19H30N4O2. The lowest BCUT2D eigenvalue weighted by Crippen LogP contribution is -2.52. The highest BCUT2D eigenvalue weighted by molar-refractivity contribution is 5.74. The van der Waals surface area contributed by atoms with Crippen LogP contribution in [0.5, 0.6) is 0 Å². The predicted molar refractivity (Wildman–Crippen MR) is 100 cm³/mol. The lowest BCUT2D eigenvalue weighted by atomic mass is 10.1. The molecule has 6 heteroatoms. The van der Waals surface area contributed by atoms with Gasteiger partial charge in [0.15, 0.2) is 0 Å². The third-order valence-electron chi connectivity index (χ3n) is 4.98. The molecule has 2 atom stereocenters. The fourth-order valence-corrected chi connectivity index (χ4v) is 3.52. The van der Waals surface area contributed by atoms with Crippen LogP contribution < -0.4 is 15.5 Å². The van der Waals surface area contributed by atoms with Gasteiger partial charge in [0.2, 0.25) is 0 Å². The van der Waals surface area contributed by atoms with Crippen molar-refractivity contribution in [2.45, 2.75) is 19.4 Å². The van der Waals surface area contributed by atoms with E-state index in [0.717, 1.165) is 52.4 Å². The zero-order valence-electron chi connectivity index (χ0n) is 15.1. The van der Waals surface area contributed by atoms with Gasteiger partial charge in [0.05, 0.1) is 6.61 Å². The number of piperazine rings is 1. The van der Waals surface area contributed by atoms with E-state index in [-0.39, 0.29) is 12.1 Å². The van der Waals surface area contributed by atoms with E-state index < -0.39 is 0 Å². The molecule has 0 saturated carbocycles. The maximum Gasteiger partial charge on any atom is 0.315 e. The van der Waals surface area contributed by atoms with Gasteiger partial charge in [0.1, 0.15) is 0 Å². The maximum atomic E-state index is 12.0. The van der Waals surface area contributed by atoms with Crippen molar-refractivity contribution in [2.75, 3.05) is 57.4 Å². The minimum Gasteiger partial charge on any atom is -0.381 e. The molecule has 6 nitrogen and oxygen atoms in total. The van der Waals surface area contributed by atoms with E-state index in [1.54, 1.807) is 0 Å². The highest BCUT2D eigenvalue weighted by Gasteiger charge is 2.20. The summed E-state index contributed by atoms with van der Waals surface area (Å²) in [6.07, 6.45) is 1.04.